The molecule has 0 spiro atoms. The number of Topliss-reactive ketones (excluding diaryl/α,β-unsaturated/α-hetero) is 1. The maximum absolute atomic E-state index is 13.0. The van der Waals surface area contributed by atoms with Gasteiger partial charge in [0.2, 0.25) is 0 Å². The van der Waals surface area contributed by atoms with Crippen molar-refractivity contribution in [1.29, 1.82) is 0 Å². The second-order valence-electron chi connectivity index (χ2n) is 8.32. The van der Waals surface area contributed by atoms with Crippen molar-refractivity contribution in [3.8, 4) is 11.5 Å². The van der Waals surface area contributed by atoms with Crippen LogP contribution in [0, 0.1) is 0 Å². The summed E-state index contributed by atoms with van der Waals surface area (Å²) in [5.41, 5.74) is 2.01. The van der Waals surface area contributed by atoms with Crippen molar-refractivity contribution < 1.29 is 23.5 Å². The fourth-order valence-corrected chi connectivity index (χ4v) is 5.44. The Bertz CT molecular complexity index is 1390. The number of aromatic nitrogens is 1. The fourth-order valence-electron chi connectivity index (χ4n) is 4.41. The molecule has 1 fully saturated rings. The second kappa shape index (κ2) is 9.19. The summed E-state index contributed by atoms with van der Waals surface area (Å²) in [4.78, 5) is 32.3. The molecule has 1 unspecified atom stereocenters. The lowest BCUT2D eigenvalue weighted by Gasteiger charge is -2.14. The van der Waals surface area contributed by atoms with Crippen LogP contribution in [0.2, 0.25) is 0 Å². The Kier molecular flexibility index (Phi) is 6.10. The summed E-state index contributed by atoms with van der Waals surface area (Å²) in [6, 6.07) is 9.13. The minimum atomic E-state index is -0.00859. The van der Waals surface area contributed by atoms with E-state index in [0.717, 1.165) is 22.0 Å². The Morgan fingerprint density at radius 1 is 1.24 bits per heavy atom. The number of ketones is 1. The largest absolute Gasteiger partial charge is 0.460 e. The normalized spacial score (nSPS) is 16.0. The van der Waals surface area contributed by atoms with Gasteiger partial charge < -0.3 is 18.8 Å². The van der Waals surface area contributed by atoms with E-state index in [0.29, 0.717) is 59.2 Å². The van der Waals surface area contributed by atoms with Gasteiger partial charge in [-0.25, -0.2) is 0 Å². The Morgan fingerprint density at radius 2 is 2.09 bits per heavy atom. The van der Waals surface area contributed by atoms with Crippen molar-refractivity contribution >= 4 is 44.2 Å². The number of hydrogen-bond acceptors (Lipinski definition) is 7. The highest BCUT2D eigenvalue weighted by Gasteiger charge is 2.28. The first-order chi connectivity index (χ1) is 16.5. The molecular weight excluding hydrogens is 452 g/mol. The zero-order chi connectivity index (χ0) is 23.8. The van der Waals surface area contributed by atoms with Crippen LogP contribution in [0.3, 0.4) is 0 Å². The quantitative estimate of drug-likeness (QED) is 0.310. The molecule has 4 aromatic rings. The average molecular weight is 479 g/mol. The summed E-state index contributed by atoms with van der Waals surface area (Å²) < 4.78 is 18.4. The summed E-state index contributed by atoms with van der Waals surface area (Å²) in [5.74, 6) is 1.98. The van der Waals surface area contributed by atoms with Crippen molar-refractivity contribution in [2.75, 3.05) is 20.2 Å². The lowest BCUT2D eigenvalue weighted by Crippen LogP contribution is -2.29. The molecule has 1 saturated heterocycles. The van der Waals surface area contributed by atoms with Crippen LogP contribution in [0.5, 0.6) is 11.5 Å². The number of amides is 1. The van der Waals surface area contributed by atoms with Crippen LogP contribution in [0.15, 0.2) is 40.9 Å². The zero-order valence-corrected chi connectivity index (χ0v) is 20.2. The van der Waals surface area contributed by atoms with E-state index >= 15 is 0 Å². The minimum Gasteiger partial charge on any atom is -0.460 e. The van der Waals surface area contributed by atoms with Crippen LogP contribution in [0.1, 0.15) is 52.5 Å². The molecule has 0 bridgehead atoms. The molecule has 176 valence electrons. The molecule has 4 heterocycles. The topological polar surface area (TPSA) is 81.9 Å². The molecular formula is C26H26N2O5S. The molecule has 0 aliphatic carbocycles. The Balaban J connectivity index is 1.45. The van der Waals surface area contributed by atoms with E-state index in [-0.39, 0.29) is 17.8 Å². The van der Waals surface area contributed by atoms with Crippen LogP contribution in [0.4, 0.5) is 0 Å². The number of carbonyl (C=O) groups excluding carboxylic acids is 2. The number of carbonyl (C=O) groups is 2. The predicted octanol–water partition coefficient (Wildman–Crippen LogP) is 5.85. The fraction of sp³-hybridized carbons (Fsp3) is 0.346. The van der Waals surface area contributed by atoms with Gasteiger partial charge in [0.15, 0.2) is 5.78 Å². The van der Waals surface area contributed by atoms with Gasteiger partial charge in [0.05, 0.1) is 26.8 Å². The van der Waals surface area contributed by atoms with E-state index in [4.69, 9.17) is 13.9 Å². The van der Waals surface area contributed by atoms with Gasteiger partial charge in [0.25, 0.3) is 5.91 Å². The molecule has 1 aliphatic rings. The Labute approximate surface area is 201 Å². The number of fused-ring (bicyclic) bond motifs is 2. The molecule has 1 amide bonds. The van der Waals surface area contributed by atoms with E-state index < -0.39 is 0 Å². The third-order valence-electron chi connectivity index (χ3n) is 6.24. The van der Waals surface area contributed by atoms with Crippen molar-refractivity contribution in [2.24, 2.45) is 0 Å². The molecule has 34 heavy (non-hydrogen) atoms. The summed E-state index contributed by atoms with van der Waals surface area (Å²) in [5, 5.41) is 0.805. The predicted molar refractivity (Wildman–Crippen MR) is 131 cm³/mol. The summed E-state index contributed by atoms with van der Waals surface area (Å²) in [6.07, 6.45) is 3.69. The van der Waals surface area contributed by atoms with Gasteiger partial charge in [-0.15, -0.1) is 11.3 Å². The maximum atomic E-state index is 13.0. The molecule has 0 radical (unpaired) electrons. The molecule has 5 rings (SSSR count). The van der Waals surface area contributed by atoms with Crippen molar-refractivity contribution in [1.82, 2.24) is 9.88 Å². The number of methoxy groups -OCH3 is 1. The van der Waals surface area contributed by atoms with Crippen LogP contribution >= 0.6 is 11.3 Å². The number of furan rings is 1. The monoisotopic (exact) mass is 478 g/mol. The molecule has 0 saturated carbocycles. The number of thiophene rings is 1. The molecule has 0 N–H and O–H groups in total. The van der Waals surface area contributed by atoms with Gasteiger partial charge >= 0.3 is 0 Å². The lowest BCUT2D eigenvalue weighted by atomic mass is 10.0. The van der Waals surface area contributed by atoms with Crippen molar-refractivity contribution in [3.05, 3.63) is 52.7 Å². The molecule has 1 atom stereocenters. The van der Waals surface area contributed by atoms with Crippen LogP contribution in [0.25, 0.3) is 21.2 Å². The first-order valence-corrected chi connectivity index (χ1v) is 12.3. The smallest absolute Gasteiger partial charge is 0.264 e. The number of rotatable bonds is 7. The zero-order valence-electron chi connectivity index (χ0n) is 19.4. The van der Waals surface area contributed by atoms with Crippen LogP contribution in [-0.4, -0.2) is 47.9 Å². The average Bonchev–Trinajstić information content (AvgIpc) is 3.59. The molecule has 8 heteroatoms. The van der Waals surface area contributed by atoms with E-state index in [1.165, 1.54) is 11.3 Å². The van der Waals surface area contributed by atoms with Gasteiger partial charge in [-0.05, 0) is 24.6 Å². The number of nitrogens with zero attached hydrogens (tertiary/aromatic N) is 2. The number of hydrogen-bond donors (Lipinski definition) is 0. The molecule has 1 aliphatic heterocycles. The highest BCUT2D eigenvalue weighted by Crippen LogP contribution is 2.37. The minimum absolute atomic E-state index is 0.00859. The number of aryl methyl sites for hydroxylation is 1. The van der Waals surface area contributed by atoms with Crippen molar-refractivity contribution in [2.45, 2.75) is 39.2 Å². The summed E-state index contributed by atoms with van der Waals surface area (Å²) in [6.45, 7) is 5.12. The number of pyridine rings is 1. The van der Waals surface area contributed by atoms with E-state index in [2.05, 4.69) is 4.98 Å². The Hall–Kier alpha value is -3.23. The van der Waals surface area contributed by atoms with Crippen LogP contribution in [-0.2, 0) is 11.2 Å². The number of ether oxygens (including phenoxy) is 2. The highest BCUT2D eigenvalue weighted by atomic mass is 32.1. The summed E-state index contributed by atoms with van der Waals surface area (Å²) >= 11 is 1.38. The second-order valence-corrected chi connectivity index (χ2v) is 9.37. The molecule has 3 aromatic heterocycles. The highest BCUT2D eigenvalue weighted by molar-refractivity contribution is 7.21. The summed E-state index contributed by atoms with van der Waals surface area (Å²) in [7, 11) is 1.68. The standard InChI is InChI=1S/C26H26N2O5S/c1-4-19(29)24-17-7-6-15(12-22(17)33-20(24)5-2)32-21-8-10-27-18-13-23(34-25(18)21)26(30)28-11-9-16(14-28)31-3/h6-8,10,12-13,16H,4-5,9,11,14H2,1-3H3. The van der Waals surface area contributed by atoms with Gasteiger partial charge in [-0.1, -0.05) is 13.8 Å². The van der Waals surface area contributed by atoms with Gasteiger partial charge in [0.1, 0.15) is 22.8 Å². The van der Waals surface area contributed by atoms with Crippen molar-refractivity contribution in [3.63, 3.8) is 0 Å². The number of benzene rings is 1. The Morgan fingerprint density at radius 3 is 2.82 bits per heavy atom. The maximum Gasteiger partial charge on any atom is 0.264 e. The first-order valence-electron chi connectivity index (χ1n) is 11.5. The van der Waals surface area contributed by atoms with E-state index in [9.17, 15) is 9.59 Å². The van der Waals surface area contributed by atoms with Crippen LogP contribution < -0.4 is 4.74 Å². The lowest BCUT2D eigenvalue weighted by molar-refractivity contribution is 0.0728. The third-order valence-corrected chi connectivity index (χ3v) is 7.36. The SMILES string of the molecule is CCC(=O)c1c(CC)oc2cc(Oc3ccnc4cc(C(=O)N5CCC(OC)C5)sc34)ccc12. The number of likely N-dealkylation sites (tertiary alicyclic amines) is 1. The molecule has 7 nitrogen and oxygen atoms in total. The van der Waals surface area contributed by atoms with E-state index in [1.54, 1.807) is 19.4 Å². The van der Waals surface area contributed by atoms with Gasteiger partial charge in [-0.3, -0.25) is 14.6 Å². The third kappa shape index (κ3) is 3.97. The first kappa shape index (κ1) is 22.6. The van der Waals surface area contributed by atoms with E-state index in [1.807, 2.05) is 43.0 Å². The van der Waals surface area contributed by atoms with Gasteiger partial charge in [-0.2, -0.15) is 0 Å². The van der Waals surface area contributed by atoms with Gasteiger partial charge in [0, 0.05) is 56.8 Å². The molecule has 1 aromatic carbocycles.